The quantitative estimate of drug-likeness (QED) is 0.718. The molecule has 160 valence electrons. The SMILES string of the molecule is CCCC(=O)N1CCCC(C(=O)NC(C)c2cccc(OCc3ccccn3)c2)C1. The number of pyridine rings is 1. The summed E-state index contributed by atoms with van der Waals surface area (Å²) in [4.78, 5) is 31.1. The smallest absolute Gasteiger partial charge is 0.225 e. The maximum absolute atomic E-state index is 12.8. The lowest BCUT2D eigenvalue weighted by atomic mass is 9.96. The third-order valence-electron chi connectivity index (χ3n) is 5.44. The average molecular weight is 410 g/mol. The molecular formula is C24H31N3O3. The first kappa shape index (κ1) is 21.8. The van der Waals surface area contributed by atoms with E-state index in [-0.39, 0.29) is 23.8 Å². The molecule has 1 saturated heterocycles. The van der Waals surface area contributed by atoms with Gasteiger partial charge in [-0.1, -0.05) is 25.1 Å². The fourth-order valence-corrected chi connectivity index (χ4v) is 3.72. The van der Waals surface area contributed by atoms with E-state index in [2.05, 4.69) is 10.3 Å². The number of carbonyl (C=O) groups excluding carboxylic acids is 2. The van der Waals surface area contributed by atoms with Gasteiger partial charge in [-0.25, -0.2) is 0 Å². The molecule has 1 N–H and O–H groups in total. The van der Waals surface area contributed by atoms with Crippen LogP contribution in [0.25, 0.3) is 0 Å². The molecule has 0 saturated carbocycles. The summed E-state index contributed by atoms with van der Waals surface area (Å²) in [7, 11) is 0. The number of piperidine rings is 1. The highest BCUT2D eigenvalue weighted by Crippen LogP contribution is 2.22. The molecule has 0 spiro atoms. The van der Waals surface area contributed by atoms with Crippen LogP contribution in [0, 0.1) is 5.92 Å². The molecule has 2 amide bonds. The molecular weight excluding hydrogens is 378 g/mol. The van der Waals surface area contributed by atoms with Gasteiger partial charge in [0.25, 0.3) is 0 Å². The minimum absolute atomic E-state index is 0.0105. The van der Waals surface area contributed by atoms with Crippen LogP contribution in [0.15, 0.2) is 48.7 Å². The Balaban J connectivity index is 1.55. The molecule has 1 fully saturated rings. The van der Waals surface area contributed by atoms with Gasteiger partial charge in [-0.3, -0.25) is 14.6 Å². The minimum Gasteiger partial charge on any atom is -0.487 e. The van der Waals surface area contributed by atoms with Gasteiger partial charge < -0.3 is 15.0 Å². The summed E-state index contributed by atoms with van der Waals surface area (Å²) >= 11 is 0. The number of aromatic nitrogens is 1. The summed E-state index contributed by atoms with van der Waals surface area (Å²) in [5, 5.41) is 3.11. The molecule has 0 radical (unpaired) electrons. The Bertz CT molecular complexity index is 841. The molecule has 0 aliphatic carbocycles. The molecule has 30 heavy (non-hydrogen) atoms. The first-order chi connectivity index (χ1) is 14.6. The van der Waals surface area contributed by atoms with Crippen LogP contribution in [0.4, 0.5) is 0 Å². The highest BCUT2D eigenvalue weighted by Gasteiger charge is 2.28. The van der Waals surface area contributed by atoms with E-state index in [1.54, 1.807) is 6.20 Å². The minimum atomic E-state index is -0.148. The van der Waals surface area contributed by atoms with E-state index in [4.69, 9.17) is 4.74 Å². The zero-order valence-corrected chi connectivity index (χ0v) is 17.8. The normalized spacial score (nSPS) is 17.3. The third kappa shape index (κ3) is 6.05. The van der Waals surface area contributed by atoms with Crippen LogP contribution in [0.1, 0.15) is 56.8 Å². The number of amides is 2. The van der Waals surface area contributed by atoms with Crippen molar-refractivity contribution in [3.05, 3.63) is 59.9 Å². The van der Waals surface area contributed by atoms with Gasteiger partial charge in [-0.15, -0.1) is 0 Å². The number of benzene rings is 1. The predicted molar refractivity (Wildman–Crippen MR) is 116 cm³/mol. The number of nitrogens with zero attached hydrogens (tertiary/aromatic N) is 2. The van der Waals surface area contributed by atoms with Crippen molar-refractivity contribution in [2.24, 2.45) is 5.92 Å². The molecule has 2 unspecified atom stereocenters. The van der Waals surface area contributed by atoms with Crippen molar-refractivity contribution < 1.29 is 14.3 Å². The van der Waals surface area contributed by atoms with Crippen LogP contribution in [0.2, 0.25) is 0 Å². The fraction of sp³-hybridized carbons (Fsp3) is 0.458. The number of ether oxygens (including phenoxy) is 1. The molecule has 1 aliphatic rings. The van der Waals surface area contributed by atoms with Gasteiger partial charge in [0.2, 0.25) is 11.8 Å². The second-order valence-corrected chi connectivity index (χ2v) is 7.84. The van der Waals surface area contributed by atoms with E-state index < -0.39 is 0 Å². The summed E-state index contributed by atoms with van der Waals surface area (Å²) in [6, 6.07) is 13.4. The van der Waals surface area contributed by atoms with Gasteiger partial charge in [0.05, 0.1) is 17.7 Å². The molecule has 1 aromatic heterocycles. The van der Waals surface area contributed by atoms with Crippen LogP contribution in [-0.2, 0) is 16.2 Å². The number of nitrogens with one attached hydrogen (secondary N) is 1. The number of carbonyl (C=O) groups is 2. The Morgan fingerprint density at radius 3 is 2.90 bits per heavy atom. The molecule has 0 bridgehead atoms. The lowest BCUT2D eigenvalue weighted by Gasteiger charge is -2.32. The number of likely N-dealkylation sites (tertiary alicyclic amines) is 1. The van der Waals surface area contributed by atoms with Crippen LogP contribution >= 0.6 is 0 Å². The number of hydrogen-bond donors (Lipinski definition) is 1. The van der Waals surface area contributed by atoms with E-state index in [0.29, 0.717) is 19.6 Å². The molecule has 6 heteroatoms. The van der Waals surface area contributed by atoms with Crippen LogP contribution in [0.3, 0.4) is 0 Å². The molecule has 1 aromatic carbocycles. The topological polar surface area (TPSA) is 71.5 Å². The maximum Gasteiger partial charge on any atom is 0.225 e. The first-order valence-corrected chi connectivity index (χ1v) is 10.8. The van der Waals surface area contributed by atoms with Gasteiger partial charge in [-0.05, 0) is 56.0 Å². The maximum atomic E-state index is 12.8. The Labute approximate surface area is 178 Å². The number of rotatable bonds is 8. The van der Waals surface area contributed by atoms with Crippen LogP contribution in [-0.4, -0.2) is 34.8 Å². The monoisotopic (exact) mass is 409 g/mol. The third-order valence-corrected chi connectivity index (χ3v) is 5.44. The van der Waals surface area contributed by atoms with Crippen molar-refractivity contribution in [1.29, 1.82) is 0 Å². The second-order valence-electron chi connectivity index (χ2n) is 7.84. The summed E-state index contributed by atoms with van der Waals surface area (Å²) in [5.74, 6) is 0.760. The average Bonchev–Trinajstić information content (AvgIpc) is 2.79. The van der Waals surface area contributed by atoms with E-state index in [0.717, 1.165) is 42.8 Å². The summed E-state index contributed by atoms with van der Waals surface area (Å²) in [6.45, 7) is 5.65. The Hall–Kier alpha value is -2.89. The lowest BCUT2D eigenvalue weighted by molar-refractivity contribution is -0.135. The summed E-state index contributed by atoms with van der Waals surface area (Å²) < 4.78 is 5.85. The largest absolute Gasteiger partial charge is 0.487 e. The van der Waals surface area contributed by atoms with E-state index in [1.807, 2.05) is 61.2 Å². The zero-order valence-electron chi connectivity index (χ0n) is 17.8. The van der Waals surface area contributed by atoms with E-state index >= 15 is 0 Å². The standard InChI is InChI=1S/C24H31N3O3/c1-3-8-23(28)27-14-7-10-20(16-27)24(29)26-18(2)19-9-6-12-22(15-19)30-17-21-11-4-5-13-25-21/h4-6,9,11-13,15,18,20H,3,7-8,10,14,16-17H2,1-2H3,(H,26,29). The van der Waals surface area contributed by atoms with Gasteiger partial charge in [-0.2, -0.15) is 0 Å². The second kappa shape index (κ2) is 10.8. The first-order valence-electron chi connectivity index (χ1n) is 10.8. The highest BCUT2D eigenvalue weighted by molar-refractivity contribution is 5.81. The molecule has 2 heterocycles. The van der Waals surface area contributed by atoms with Gasteiger partial charge >= 0.3 is 0 Å². The summed E-state index contributed by atoms with van der Waals surface area (Å²) in [5.41, 5.74) is 1.85. The van der Waals surface area contributed by atoms with Crippen molar-refractivity contribution in [3.8, 4) is 5.75 Å². The van der Waals surface area contributed by atoms with E-state index in [9.17, 15) is 9.59 Å². The molecule has 6 nitrogen and oxygen atoms in total. The zero-order chi connectivity index (χ0) is 21.3. The number of hydrogen-bond acceptors (Lipinski definition) is 4. The highest BCUT2D eigenvalue weighted by atomic mass is 16.5. The van der Waals surface area contributed by atoms with Crippen LogP contribution in [0.5, 0.6) is 5.75 Å². The molecule has 2 aromatic rings. The van der Waals surface area contributed by atoms with Crippen molar-refractivity contribution in [1.82, 2.24) is 15.2 Å². The van der Waals surface area contributed by atoms with Crippen molar-refractivity contribution >= 4 is 11.8 Å². The van der Waals surface area contributed by atoms with Crippen molar-refractivity contribution in [2.45, 2.75) is 52.2 Å². The van der Waals surface area contributed by atoms with Gasteiger partial charge in [0, 0.05) is 25.7 Å². The van der Waals surface area contributed by atoms with Crippen molar-refractivity contribution in [2.75, 3.05) is 13.1 Å². The molecule has 3 rings (SSSR count). The fourth-order valence-electron chi connectivity index (χ4n) is 3.72. The predicted octanol–water partition coefficient (Wildman–Crippen LogP) is 3.88. The molecule has 1 aliphatic heterocycles. The Morgan fingerprint density at radius 1 is 1.27 bits per heavy atom. The lowest BCUT2D eigenvalue weighted by Crippen LogP contribution is -2.45. The molecule has 2 atom stereocenters. The van der Waals surface area contributed by atoms with Crippen LogP contribution < -0.4 is 10.1 Å². The van der Waals surface area contributed by atoms with E-state index in [1.165, 1.54) is 0 Å². The van der Waals surface area contributed by atoms with Crippen molar-refractivity contribution in [3.63, 3.8) is 0 Å². The Morgan fingerprint density at radius 2 is 2.13 bits per heavy atom. The van der Waals surface area contributed by atoms with Gasteiger partial charge in [0.15, 0.2) is 0 Å². The van der Waals surface area contributed by atoms with Gasteiger partial charge in [0.1, 0.15) is 12.4 Å². The Kier molecular flexibility index (Phi) is 7.82. The summed E-state index contributed by atoms with van der Waals surface area (Å²) in [6.07, 6.45) is 4.83.